The van der Waals surface area contributed by atoms with Crippen molar-refractivity contribution in [2.45, 2.75) is 53.0 Å². The Bertz CT molecular complexity index is 309. The molecule has 0 aromatic carbocycles. The van der Waals surface area contributed by atoms with Gasteiger partial charge in [0.15, 0.2) is 0 Å². The number of aryl methyl sites for hydroxylation is 1. The van der Waals surface area contributed by atoms with Crippen molar-refractivity contribution in [1.29, 1.82) is 0 Å². The molecule has 0 aliphatic carbocycles. The van der Waals surface area contributed by atoms with Crippen LogP contribution in [0, 0.1) is 12.8 Å². The minimum absolute atomic E-state index is 0.568. The lowest BCUT2D eigenvalue weighted by atomic mass is 9.97. The summed E-state index contributed by atoms with van der Waals surface area (Å²) in [6.07, 6.45) is 7.45. The highest BCUT2D eigenvalue weighted by molar-refractivity contribution is 5.43. The van der Waals surface area contributed by atoms with E-state index in [1.807, 2.05) is 12.4 Å². The Kier molecular flexibility index (Phi) is 5.30. The van der Waals surface area contributed by atoms with E-state index in [2.05, 4.69) is 44.1 Å². The monoisotopic (exact) mass is 220 g/mol. The van der Waals surface area contributed by atoms with Crippen molar-refractivity contribution in [3.05, 3.63) is 24.0 Å². The number of aromatic nitrogens is 1. The molecule has 0 aliphatic rings. The maximum absolute atomic E-state index is 4.21. The van der Waals surface area contributed by atoms with Gasteiger partial charge in [-0.05, 0) is 37.3 Å². The Labute approximate surface area is 99.5 Å². The number of rotatable bonds is 6. The number of anilines is 1. The Hall–Kier alpha value is -1.05. The first-order valence-corrected chi connectivity index (χ1v) is 6.33. The van der Waals surface area contributed by atoms with Crippen LogP contribution in [0.5, 0.6) is 0 Å². The summed E-state index contributed by atoms with van der Waals surface area (Å²) in [5, 5.41) is 3.57. The lowest BCUT2D eigenvalue weighted by Crippen LogP contribution is -2.21. The lowest BCUT2D eigenvalue weighted by molar-refractivity contribution is 0.461. The zero-order valence-corrected chi connectivity index (χ0v) is 11.0. The molecule has 0 fully saturated rings. The van der Waals surface area contributed by atoms with Crippen LogP contribution in [-0.4, -0.2) is 11.0 Å². The highest BCUT2D eigenvalue weighted by atomic mass is 14.9. The minimum Gasteiger partial charge on any atom is -0.381 e. The molecule has 1 heterocycles. The van der Waals surface area contributed by atoms with E-state index in [0.29, 0.717) is 6.04 Å². The second kappa shape index (κ2) is 6.51. The molecule has 0 spiro atoms. The lowest BCUT2D eigenvalue weighted by Gasteiger charge is -2.21. The molecule has 0 amide bonds. The van der Waals surface area contributed by atoms with Crippen LogP contribution in [0.1, 0.15) is 45.6 Å². The summed E-state index contributed by atoms with van der Waals surface area (Å²) in [6.45, 7) is 8.89. The fourth-order valence-corrected chi connectivity index (χ4v) is 1.85. The van der Waals surface area contributed by atoms with Gasteiger partial charge in [-0.15, -0.1) is 0 Å². The van der Waals surface area contributed by atoms with Crippen LogP contribution in [0.15, 0.2) is 18.5 Å². The zero-order chi connectivity index (χ0) is 12.0. The Morgan fingerprint density at radius 3 is 2.56 bits per heavy atom. The summed E-state index contributed by atoms with van der Waals surface area (Å²) >= 11 is 0. The fraction of sp³-hybridized carbons (Fsp3) is 0.643. The van der Waals surface area contributed by atoms with Crippen molar-refractivity contribution in [3.63, 3.8) is 0 Å². The second-order valence-corrected chi connectivity index (χ2v) is 4.75. The average Bonchev–Trinajstić information content (AvgIpc) is 2.28. The van der Waals surface area contributed by atoms with Gasteiger partial charge in [0.05, 0.1) is 5.69 Å². The molecule has 1 aromatic heterocycles. The van der Waals surface area contributed by atoms with E-state index in [9.17, 15) is 0 Å². The van der Waals surface area contributed by atoms with Gasteiger partial charge in [0, 0.05) is 18.4 Å². The molecule has 1 aromatic rings. The minimum atomic E-state index is 0.568. The van der Waals surface area contributed by atoms with Gasteiger partial charge < -0.3 is 5.32 Å². The highest BCUT2D eigenvalue weighted by Crippen LogP contribution is 2.17. The SMILES string of the molecule is CCC(C)CC(CC)Nc1cncc(C)c1. The van der Waals surface area contributed by atoms with Crippen LogP contribution in [0.3, 0.4) is 0 Å². The number of nitrogens with zero attached hydrogens (tertiary/aromatic N) is 1. The molecule has 90 valence electrons. The number of hydrogen-bond acceptors (Lipinski definition) is 2. The van der Waals surface area contributed by atoms with Crippen LogP contribution >= 0.6 is 0 Å². The molecule has 0 radical (unpaired) electrons. The quantitative estimate of drug-likeness (QED) is 0.783. The van der Waals surface area contributed by atoms with Gasteiger partial charge >= 0.3 is 0 Å². The van der Waals surface area contributed by atoms with Gasteiger partial charge in [-0.1, -0.05) is 27.2 Å². The summed E-state index contributed by atoms with van der Waals surface area (Å²) in [4.78, 5) is 4.21. The molecule has 2 atom stereocenters. The fourth-order valence-electron chi connectivity index (χ4n) is 1.85. The summed E-state index contributed by atoms with van der Waals surface area (Å²) in [6, 6.07) is 2.73. The van der Waals surface area contributed by atoms with E-state index in [4.69, 9.17) is 0 Å². The first-order chi connectivity index (χ1) is 7.65. The number of nitrogens with one attached hydrogen (secondary N) is 1. The van der Waals surface area contributed by atoms with E-state index < -0.39 is 0 Å². The Morgan fingerprint density at radius 2 is 2.00 bits per heavy atom. The van der Waals surface area contributed by atoms with Gasteiger partial charge in [0.2, 0.25) is 0 Å². The van der Waals surface area contributed by atoms with E-state index in [1.54, 1.807) is 0 Å². The van der Waals surface area contributed by atoms with Crippen LogP contribution in [0.25, 0.3) is 0 Å². The van der Waals surface area contributed by atoms with E-state index in [0.717, 1.165) is 18.0 Å². The van der Waals surface area contributed by atoms with Gasteiger partial charge in [-0.25, -0.2) is 0 Å². The summed E-state index contributed by atoms with van der Waals surface area (Å²) in [5.74, 6) is 0.787. The van der Waals surface area contributed by atoms with Crippen molar-refractivity contribution in [2.75, 3.05) is 5.32 Å². The molecular weight excluding hydrogens is 196 g/mol. The third-order valence-electron chi connectivity index (χ3n) is 3.12. The normalized spacial score (nSPS) is 14.5. The third kappa shape index (κ3) is 4.21. The standard InChI is InChI=1S/C14H24N2/c1-5-11(3)7-13(6-2)16-14-8-12(4)9-15-10-14/h8-11,13,16H,5-7H2,1-4H3. The summed E-state index contributed by atoms with van der Waals surface area (Å²) in [7, 11) is 0. The largest absolute Gasteiger partial charge is 0.381 e. The van der Waals surface area contributed by atoms with Crippen molar-refractivity contribution in [3.8, 4) is 0 Å². The molecule has 1 N–H and O–H groups in total. The van der Waals surface area contributed by atoms with E-state index in [-0.39, 0.29) is 0 Å². The molecule has 0 saturated heterocycles. The van der Waals surface area contributed by atoms with Crippen LogP contribution in [0.2, 0.25) is 0 Å². The van der Waals surface area contributed by atoms with Crippen LogP contribution in [-0.2, 0) is 0 Å². The summed E-state index contributed by atoms with van der Waals surface area (Å²) < 4.78 is 0. The molecule has 2 unspecified atom stereocenters. The van der Waals surface area contributed by atoms with Crippen molar-refractivity contribution >= 4 is 5.69 Å². The average molecular weight is 220 g/mol. The predicted octanol–water partition coefficient (Wildman–Crippen LogP) is 4.02. The van der Waals surface area contributed by atoms with E-state index in [1.165, 1.54) is 18.4 Å². The summed E-state index contributed by atoms with van der Waals surface area (Å²) in [5.41, 5.74) is 2.36. The molecule has 16 heavy (non-hydrogen) atoms. The first-order valence-electron chi connectivity index (χ1n) is 6.33. The van der Waals surface area contributed by atoms with Gasteiger partial charge in [0.1, 0.15) is 0 Å². The molecule has 2 heteroatoms. The number of pyridine rings is 1. The first kappa shape index (κ1) is 13.0. The molecular formula is C14H24N2. The highest BCUT2D eigenvalue weighted by Gasteiger charge is 2.10. The molecule has 0 bridgehead atoms. The zero-order valence-electron chi connectivity index (χ0n) is 11.0. The van der Waals surface area contributed by atoms with Crippen molar-refractivity contribution in [2.24, 2.45) is 5.92 Å². The van der Waals surface area contributed by atoms with Crippen molar-refractivity contribution in [1.82, 2.24) is 4.98 Å². The van der Waals surface area contributed by atoms with Gasteiger partial charge in [-0.3, -0.25) is 4.98 Å². The maximum atomic E-state index is 4.21. The molecule has 2 nitrogen and oxygen atoms in total. The maximum Gasteiger partial charge on any atom is 0.0531 e. The smallest absolute Gasteiger partial charge is 0.0531 e. The van der Waals surface area contributed by atoms with Crippen LogP contribution < -0.4 is 5.32 Å². The number of hydrogen-bond donors (Lipinski definition) is 1. The van der Waals surface area contributed by atoms with Crippen molar-refractivity contribution < 1.29 is 0 Å². The topological polar surface area (TPSA) is 24.9 Å². The Morgan fingerprint density at radius 1 is 1.25 bits per heavy atom. The molecule has 0 saturated carbocycles. The van der Waals surface area contributed by atoms with Gasteiger partial charge in [-0.2, -0.15) is 0 Å². The van der Waals surface area contributed by atoms with E-state index >= 15 is 0 Å². The van der Waals surface area contributed by atoms with Crippen LogP contribution in [0.4, 0.5) is 5.69 Å². The second-order valence-electron chi connectivity index (χ2n) is 4.75. The molecule has 1 rings (SSSR count). The predicted molar refractivity (Wildman–Crippen MR) is 70.7 cm³/mol. The molecule has 0 aliphatic heterocycles. The Balaban J connectivity index is 2.56. The third-order valence-corrected chi connectivity index (χ3v) is 3.12. The van der Waals surface area contributed by atoms with Gasteiger partial charge in [0.25, 0.3) is 0 Å².